The Labute approximate surface area is 94.4 Å². The Kier molecular flexibility index (Phi) is 4.04. The van der Waals surface area contributed by atoms with Crippen LogP contribution in [-0.4, -0.2) is 37.1 Å². The van der Waals surface area contributed by atoms with Crippen LogP contribution < -0.4 is 5.32 Å². The first-order valence-electron chi connectivity index (χ1n) is 6.71. The molecule has 15 heavy (non-hydrogen) atoms. The molecule has 0 aliphatic carbocycles. The molecule has 0 amide bonds. The van der Waals surface area contributed by atoms with E-state index in [0.717, 1.165) is 17.9 Å². The Bertz CT molecular complexity index is 191. The summed E-state index contributed by atoms with van der Waals surface area (Å²) < 4.78 is 0. The van der Waals surface area contributed by atoms with Gasteiger partial charge in [-0.15, -0.1) is 0 Å². The van der Waals surface area contributed by atoms with Crippen molar-refractivity contribution in [2.24, 2.45) is 11.8 Å². The summed E-state index contributed by atoms with van der Waals surface area (Å²) in [6.07, 6.45) is 5.59. The third-order valence-electron chi connectivity index (χ3n) is 4.00. The lowest BCUT2D eigenvalue weighted by molar-refractivity contribution is 0.110. The van der Waals surface area contributed by atoms with Gasteiger partial charge in [0.25, 0.3) is 0 Å². The quantitative estimate of drug-likeness (QED) is 0.767. The summed E-state index contributed by atoms with van der Waals surface area (Å²) in [5.41, 5.74) is 0. The molecule has 2 heterocycles. The Morgan fingerprint density at radius 1 is 1.33 bits per heavy atom. The average Bonchev–Trinajstić information content (AvgIpc) is 2.26. The molecule has 0 spiro atoms. The van der Waals surface area contributed by atoms with Crippen molar-refractivity contribution in [3.05, 3.63) is 0 Å². The van der Waals surface area contributed by atoms with Crippen LogP contribution in [0.1, 0.15) is 39.5 Å². The van der Waals surface area contributed by atoms with Gasteiger partial charge in [-0.25, -0.2) is 0 Å². The lowest BCUT2D eigenvalue weighted by Gasteiger charge is -2.42. The first-order chi connectivity index (χ1) is 7.25. The van der Waals surface area contributed by atoms with E-state index in [4.69, 9.17) is 0 Å². The van der Waals surface area contributed by atoms with E-state index >= 15 is 0 Å². The maximum Gasteiger partial charge on any atom is 0.0120 e. The van der Waals surface area contributed by atoms with Crippen LogP contribution in [0, 0.1) is 11.8 Å². The number of likely N-dealkylation sites (tertiary alicyclic amines) is 1. The van der Waals surface area contributed by atoms with Crippen molar-refractivity contribution in [1.82, 2.24) is 10.2 Å². The van der Waals surface area contributed by atoms with E-state index in [9.17, 15) is 0 Å². The fourth-order valence-electron chi connectivity index (χ4n) is 2.96. The van der Waals surface area contributed by atoms with E-state index in [1.54, 1.807) is 0 Å². The fourth-order valence-corrected chi connectivity index (χ4v) is 2.96. The SMILES string of the molecule is CC(C)CCN1CC[C@H]2NCCC[C@@H]2C1. The maximum atomic E-state index is 3.68. The van der Waals surface area contributed by atoms with Crippen molar-refractivity contribution in [2.45, 2.75) is 45.6 Å². The Morgan fingerprint density at radius 3 is 3.00 bits per heavy atom. The molecule has 0 aromatic rings. The standard InChI is InChI=1S/C13H26N2/c1-11(2)5-8-15-9-6-13-12(10-15)4-3-7-14-13/h11-14H,3-10H2,1-2H3/t12-,13-/m1/s1. The zero-order valence-electron chi connectivity index (χ0n) is 10.3. The molecule has 2 atom stereocenters. The summed E-state index contributed by atoms with van der Waals surface area (Å²) >= 11 is 0. The third kappa shape index (κ3) is 3.18. The number of hydrogen-bond donors (Lipinski definition) is 1. The van der Waals surface area contributed by atoms with Gasteiger partial charge in [0, 0.05) is 12.6 Å². The number of rotatable bonds is 3. The van der Waals surface area contributed by atoms with Gasteiger partial charge in [0.15, 0.2) is 0 Å². The molecule has 1 N–H and O–H groups in total. The molecular formula is C13H26N2. The minimum absolute atomic E-state index is 0.842. The molecule has 2 aliphatic heterocycles. The van der Waals surface area contributed by atoms with Crippen molar-refractivity contribution in [3.63, 3.8) is 0 Å². The van der Waals surface area contributed by atoms with Crippen molar-refractivity contribution >= 4 is 0 Å². The van der Waals surface area contributed by atoms with Gasteiger partial charge in [0.1, 0.15) is 0 Å². The van der Waals surface area contributed by atoms with Crippen LogP contribution in [0.3, 0.4) is 0 Å². The molecule has 2 fully saturated rings. The molecule has 2 saturated heterocycles. The van der Waals surface area contributed by atoms with Crippen molar-refractivity contribution < 1.29 is 0 Å². The monoisotopic (exact) mass is 210 g/mol. The number of hydrogen-bond acceptors (Lipinski definition) is 2. The predicted molar refractivity (Wildman–Crippen MR) is 65.0 cm³/mol. The normalized spacial score (nSPS) is 33.0. The Morgan fingerprint density at radius 2 is 2.20 bits per heavy atom. The first-order valence-corrected chi connectivity index (χ1v) is 6.71. The summed E-state index contributed by atoms with van der Waals surface area (Å²) in [7, 11) is 0. The van der Waals surface area contributed by atoms with Gasteiger partial charge in [-0.3, -0.25) is 0 Å². The highest BCUT2D eigenvalue weighted by Gasteiger charge is 2.30. The lowest BCUT2D eigenvalue weighted by atomic mass is 9.85. The van der Waals surface area contributed by atoms with E-state index in [-0.39, 0.29) is 0 Å². The number of nitrogens with zero attached hydrogens (tertiary/aromatic N) is 1. The molecule has 0 unspecified atom stereocenters. The molecule has 0 aromatic heterocycles. The summed E-state index contributed by atoms with van der Waals surface area (Å²) in [5, 5.41) is 3.68. The predicted octanol–water partition coefficient (Wildman–Crippen LogP) is 2.11. The van der Waals surface area contributed by atoms with E-state index < -0.39 is 0 Å². The molecule has 88 valence electrons. The summed E-state index contributed by atoms with van der Waals surface area (Å²) in [4.78, 5) is 2.69. The molecule has 2 heteroatoms. The molecule has 0 saturated carbocycles. The van der Waals surface area contributed by atoms with Gasteiger partial charge in [0.2, 0.25) is 0 Å². The lowest BCUT2D eigenvalue weighted by Crippen LogP contribution is -2.52. The first kappa shape index (κ1) is 11.4. The minimum atomic E-state index is 0.842. The zero-order valence-corrected chi connectivity index (χ0v) is 10.3. The molecule has 0 radical (unpaired) electrons. The van der Waals surface area contributed by atoms with Gasteiger partial charge >= 0.3 is 0 Å². The van der Waals surface area contributed by atoms with Gasteiger partial charge in [-0.1, -0.05) is 13.8 Å². The average molecular weight is 210 g/mol. The fraction of sp³-hybridized carbons (Fsp3) is 1.00. The van der Waals surface area contributed by atoms with Crippen LogP contribution in [0.2, 0.25) is 0 Å². The van der Waals surface area contributed by atoms with Crippen LogP contribution in [0.15, 0.2) is 0 Å². The van der Waals surface area contributed by atoms with Crippen LogP contribution in [-0.2, 0) is 0 Å². The van der Waals surface area contributed by atoms with E-state index in [1.165, 1.54) is 51.9 Å². The Balaban J connectivity index is 1.75. The third-order valence-corrected chi connectivity index (χ3v) is 4.00. The second-order valence-corrected chi connectivity index (χ2v) is 5.73. The van der Waals surface area contributed by atoms with Crippen molar-refractivity contribution in [2.75, 3.05) is 26.2 Å². The second-order valence-electron chi connectivity index (χ2n) is 5.73. The van der Waals surface area contributed by atoms with Crippen molar-refractivity contribution in [3.8, 4) is 0 Å². The van der Waals surface area contributed by atoms with Gasteiger partial charge in [-0.2, -0.15) is 0 Å². The Hall–Kier alpha value is -0.0800. The highest BCUT2D eigenvalue weighted by molar-refractivity contribution is 4.88. The highest BCUT2D eigenvalue weighted by Crippen LogP contribution is 2.25. The van der Waals surface area contributed by atoms with Crippen LogP contribution >= 0.6 is 0 Å². The van der Waals surface area contributed by atoms with Crippen molar-refractivity contribution in [1.29, 1.82) is 0 Å². The summed E-state index contributed by atoms with van der Waals surface area (Å²) in [6.45, 7) is 9.91. The second kappa shape index (κ2) is 5.31. The molecule has 2 aliphatic rings. The molecule has 0 aromatic carbocycles. The largest absolute Gasteiger partial charge is 0.314 e. The number of nitrogens with one attached hydrogen (secondary N) is 1. The maximum absolute atomic E-state index is 3.68. The molecule has 2 rings (SSSR count). The van der Waals surface area contributed by atoms with Gasteiger partial charge in [-0.05, 0) is 57.2 Å². The smallest absolute Gasteiger partial charge is 0.0120 e. The van der Waals surface area contributed by atoms with E-state index in [0.29, 0.717) is 0 Å². The summed E-state index contributed by atoms with van der Waals surface area (Å²) in [6, 6.07) is 0.842. The number of fused-ring (bicyclic) bond motifs is 1. The minimum Gasteiger partial charge on any atom is -0.314 e. The van der Waals surface area contributed by atoms with Crippen LogP contribution in [0.4, 0.5) is 0 Å². The zero-order chi connectivity index (χ0) is 10.7. The van der Waals surface area contributed by atoms with E-state index in [2.05, 4.69) is 24.1 Å². The van der Waals surface area contributed by atoms with Gasteiger partial charge < -0.3 is 10.2 Å². The molecular weight excluding hydrogens is 184 g/mol. The molecule has 0 bridgehead atoms. The van der Waals surface area contributed by atoms with E-state index in [1.807, 2.05) is 0 Å². The van der Waals surface area contributed by atoms with Crippen LogP contribution in [0.5, 0.6) is 0 Å². The molecule has 2 nitrogen and oxygen atoms in total. The number of piperidine rings is 2. The van der Waals surface area contributed by atoms with Crippen LogP contribution in [0.25, 0.3) is 0 Å². The van der Waals surface area contributed by atoms with Gasteiger partial charge in [0.05, 0.1) is 0 Å². The summed E-state index contributed by atoms with van der Waals surface area (Å²) in [5.74, 6) is 1.80. The highest BCUT2D eigenvalue weighted by atomic mass is 15.1. The topological polar surface area (TPSA) is 15.3 Å².